The Morgan fingerprint density at radius 2 is 1.96 bits per heavy atom. The molecule has 3 heterocycles. The van der Waals surface area contributed by atoms with Crippen LogP contribution in [0.15, 0.2) is 12.3 Å². The normalized spacial score (nSPS) is 20.5. The molecule has 1 amide bonds. The van der Waals surface area contributed by atoms with E-state index in [-0.39, 0.29) is 11.9 Å². The van der Waals surface area contributed by atoms with Gasteiger partial charge in [0.05, 0.1) is 23.8 Å². The molecule has 0 saturated carbocycles. The molecule has 1 aromatic rings. The lowest BCUT2D eigenvalue weighted by molar-refractivity contribution is 0.0302. The van der Waals surface area contributed by atoms with Crippen molar-refractivity contribution >= 4 is 23.3 Å². The Kier molecular flexibility index (Phi) is 7.29. The van der Waals surface area contributed by atoms with Crippen LogP contribution < -0.4 is 5.32 Å². The summed E-state index contributed by atoms with van der Waals surface area (Å²) in [5.41, 5.74) is 0.525. The van der Waals surface area contributed by atoms with Crippen LogP contribution in [0.5, 0.6) is 0 Å². The number of nitrogens with one attached hydrogen (secondary N) is 1. The number of nitrogens with zero attached hydrogens (tertiary/aromatic N) is 4. The highest BCUT2D eigenvalue weighted by Crippen LogP contribution is 2.22. The summed E-state index contributed by atoms with van der Waals surface area (Å²) < 4.78 is 5.29. The first-order chi connectivity index (χ1) is 13.0. The summed E-state index contributed by atoms with van der Waals surface area (Å²) in [4.78, 5) is 23.6. The van der Waals surface area contributed by atoms with Crippen molar-refractivity contribution in [3.8, 4) is 0 Å². The number of rotatable bonds is 6. The molecule has 0 aromatic carbocycles. The standard InChI is InChI=1S/C19H30ClN5O2/c1-15(3-4-24-7-5-23(2)6-8-24)22-18-17(20)13-16(14-21-18)19(26)25-9-11-27-12-10-25/h13-15H,3-12H2,1-2H3,(H,21,22). The zero-order valence-electron chi connectivity index (χ0n) is 16.3. The molecule has 2 aliphatic heterocycles. The van der Waals surface area contributed by atoms with E-state index in [1.165, 1.54) is 0 Å². The van der Waals surface area contributed by atoms with Gasteiger partial charge in [0.25, 0.3) is 5.91 Å². The molecule has 150 valence electrons. The van der Waals surface area contributed by atoms with Crippen molar-refractivity contribution in [1.29, 1.82) is 0 Å². The number of piperazine rings is 1. The molecule has 0 radical (unpaired) electrons. The van der Waals surface area contributed by atoms with Crippen molar-refractivity contribution in [3.63, 3.8) is 0 Å². The molecule has 8 heteroatoms. The van der Waals surface area contributed by atoms with Gasteiger partial charge in [-0.1, -0.05) is 11.6 Å². The lowest BCUT2D eigenvalue weighted by Gasteiger charge is -2.33. The van der Waals surface area contributed by atoms with Crippen molar-refractivity contribution < 1.29 is 9.53 Å². The fourth-order valence-electron chi connectivity index (χ4n) is 3.36. The van der Waals surface area contributed by atoms with Crippen molar-refractivity contribution in [2.75, 3.05) is 71.4 Å². The van der Waals surface area contributed by atoms with Gasteiger partial charge in [0.2, 0.25) is 0 Å². The Morgan fingerprint density at radius 1 is 1.26 bits per heavy atom. The zero-order chi connectivity index (χ0) is 19.2. The zero-order valence-corrected chi connectivity index (χ0v) is 17.0. The largest absolute Gasteiger partial charge is 0.378 e. The predicted molar refractivity (Wildman–Crippen MR) is 108 cm³/mol. The SMILES string of the molecule is CC(CCN1CCN(C)CC1)Nc1ncc(C(=O)N2CCOCC2)cc1Cl. The van der Waals surface area contributed by atoms with Gasteiger partial charge < -0.3 is 24.8 Å². The minimum Gasteiger partial charge on any atom is -0.378 e. The third-order valence-electron chi connectivity index (χ3n) is 5.24. The number of hydrogen-bond donors (Lipinski definition) is 1. The summed E-state index contributed by atoms with van der Waals surface area (Å²) in [7, 11) is 2.17. The first-order valence-electron chi connectivity index (χ1n) is 9.73. The Labute approximate surface area is 166 Å². The lowest BCUT2D eigenvalue weighted by atomic mass is 10.2. The second-order valence-corrected chi connectivity index (χ2v) is 7.85. The minimum absolute atomic E-state index is 0.0395. The maximum Gasteiger partial charge on any atom is 0.255 e. The molecule has 2 aliphatic rings. The molecule has 1 N–H and O–H groups in total. The fourth-order valence-corrected chi connectivity index (χ4v) is 3.58. The molecule has 0 aliphatic carbocycles. The Bertz CT molecular complexity index is 631. The van der Waals surface area contributed by atoms with E-state index in [0.29, 0.717) is 42.7 Å². The highest BCUT2D eigenvalue weighted by atomic mass is 35.5. The van der Waals surface area contributed by atoms with E-state index in [1.807, 2.05) is 0 Å². The van der Waals surface area contributed by atoms with E-state index >= 15 is 0 Å². The monoisotopic (exact) mass is 395 g/mol. The molecule has 2 fully saturated rings. The van der Waals surface area contributed by atoms with Crippen molar-refractivity contribution in [3.05, 3.63) is 22.8 Å². The van der Waals surface area contributed by atoms with Gasteiger partial charge in [-0.15, -0.1) is 0 Å². The van der Waals surface area contributed by atoms with Gasteiger partial charge in [-0.3, -0.25) is 4.79 Å². The second kappa shape index (κ2) is 9.68. The Morgan fingerprint density at radius 3 is 2.63 bits per heavy atom. The van der Waals surface area contributed by atoms with Crippen molar-refractivity contribution in [1.82, 2.24) is 19.7 Å². The molecule has 3 rings (SSSR count). The third-order valence-corrected chi connectivity index (χ3v) is 5.53. The molecule has 2 saturated heterocycles. The van der Waals surface area contributed by atoms with Gasteiger partial charge in [-0.2, -0.15) is 0 Å². The van der Waals surface area contributed by atoms with Crippen LogP contribution in [0.25, 0.3) is 0 Å². The van der Waals surface area contributed by atoms with E-state index < -0.39 is 0 Å². The maximum atomic E-state index is 12.5. The van der Waals surface area contributed by atoms with Gasteiger partial charge >= 0.3 is 0 Å². The van der Waals surface area contributed by atoms with Crippen LogP contribution in [0.2, 0.25) is 5.02 Å². The van der Waals surface area contributed by atoms with E-state index in [2.05, 4.69) is 34.1 Å². The summed E-state index contributed by atoms with van der Waals surface area (Å²) in [6.45, 7) is 10.1. The summed E-state index contributed by atoms with van der Waals surface area (Å²) in [6, 6.07) is 1.97. The summed E-state index contributed by atoms with van der Waals surface area (Å²) in [5.74, 6) is 0.600. The van der Waals surface area contributed by atoms with Gasteiger partial charge in [0.15, 0.2) is 0 Å². The number of aromatic nitrogens is 1. The highest BCUT2D eigenvalue weighted by molar-refractivity contribution is 6.33. The summed E-state index contributed by atoms with van der Waals surface area (Å²) >= 11 is 6.39. The van der Waals surface area contributed by atoms with E-state index in [0.717, 1.165) is 39.1 Å². The molecule has 0 bridgehead atoms. The highest BCUT2D eigenvalue weighted by Gasteiger charge is 2.20. The first kappa shape index (κ1) is 20.3. The van der Waals surface area contributed by atoms with Crippen LogP contribution in [-0.4, -0.2) is 97.7 Å². The first-order valence-corrected chi connectivity index (χ1v) is 10.1. The molecule has 0 spiro atoms. The van der Waals surface area contributed by atoms with Crippen LogP contribution >= 0.6 is 11.6 Å². The van der Waals surface area contributed by atoms with Gasteiger partial charge in [0, 0.05) is 58.1 Å². The van der Waals surface area contributed by atoms with Crippen molar-refractivity contribution in [2.45, 2.75) is 19.4 Å². The van der Waals surface area contributed by atoms with Gasteiger partial charge in [0.1, 0.15) is 5.82 Å². The third kappa shape index (κ3) is 5.78. The summed E-state index contributed by atoms with van der Waals surface area (Å²) in [5, 5.41) is 3.87. The lowest BCUT2D eigenvalue weighted by Crippen LogP contribution is -2.45. The molecule has 7 nitrogen and oxygen atoms in total. The molecule has 1 unspecified atom stereocenters. The number of amides is 1. The van der Waals surface area contributed by atoms with E-state index in [4.69, 9.17) is 16.3 Å². The van der Waals surface area contributed by atoms with Crippen LogP contribution in [0, 0.1) is 0 Å². The van der Waals surface area contributed by atoms with Crippen LogP contribution in [0.3, 0.4) is 0 Å². The van der Waals surface area contributed by atoms with Crippen LogP contribution in [0.4, 0.5) is 5.82 Å². The van der Waals surface area contributed by atoms with Crippen LogP contribution in [-0.2, 0) is 4.74 Å². The van der Waals surface area contributed by atoms with Gasteiger partial charge in [-0.25, -0.2) is 4.98 Å². The average molecular weight is 396 g/mol. The average Bonchev–Trinajstić information content (AvgIpc) is 2.69. The number of anilines is 1. The Balaban J connectivity index is 1.50. The Hall–Kier alpha value is -1.41. The minimum atomic E-state index is -0.0395. The number of hydrogen-bond acceptors (Lipinski definition) is 6. The van der Waals surface area contributed by atoms with E-state index in [9.17, 15) is 4.79 Å². The number of morpholine rings is 1. The topological polar surface area (TPSA) is 60.9 Å². The molecular formula is C19H30ClN5O2. The van der Waals surface area contributed by atoms with E-state index in [1.54, 1.807) is 17.2 Å². The van der Waals surface area contributed by atoms with Crippen molar-refractivity contribution in [2.24, 2.45) is 0 Å². The summed E-state index contributed by atoms with van der Waals surface area (Å²) in [6.07, 6.45) is 2.63. The smallest absolute Gasteiger partial charge is 0.255 e. The predicted octanol–water partition coefficient (Wildman–Crippen LogP) is 1.65. The molecular weight excluding hydrogens is 366 g/mol. The van der Waals surface area contributed by atoms with Gasteiger partial charge in [-0.05, 0) is 26.5 Å². The molecule has 1 aromatic heterocycles. The maximum absolute atomic E-state index is 12.5. The number of carbonyl (C=O) groups is 1. The molecule has 1 atom stereocenters. The number of halogens is 1. The second-order valence-electron chi connectivity index (χ2n) is 7.44. The number of carbonyl (C=O) groups excluding carboxylic acids is 1. The number of ether oxygens (including phenoxy) is 1. The van der Waals surface area contributed by atoms with Crippen LogP contribution in [0.1, 0.15) is 23.7 Å². The fraction of sp³-hybridized carbons (Fsp3) is 0.684. The number of pyridine rings is 1. The number of likely N-dealkylation sites (N-methyl/N-ethyl adjacent to an activating group) is 1. The molecule has 27 heavy (non-hydrogen) atoms. The quantitative estimate of drug-likeness (QED) is 0.790.